The first-order chi connectivity index (χ1) is 7.22. The summed E-state index contributed by atoms with van der Waals surface area (Å²) in [6.07, 6.45) is 0.777. The standard InChI is InChI=1S/C9H12N2O3S/c1-3-7-10-6(5-15-7)8(11-13)9(12)14-4-2/h5,8H,3-4H2,1-2H3. The van der Waals surface area contributed by atoms with Gasteiger partial charge in [-0.15, -0.1) is 16.2 Å². The van der Waals surface area contributed by atoms with Crippen molar-refractivity contribution in [2.45, 2.75) is 26.3 Å². The average molecular weight is 228 g/mol. The zero-order valence-corrected chi connectivity index (χ0v) is 9.41. The molecule has 0 bridgehead atoms. The van der Waals surface area contributed by atoms with Crippen LogP contribution < -0.4 is 0 Å². The second-order valence-corrected chi connectivity index (χ2v) is 3.72. The van der Waals surface area contributed by atoms with Gasteiger partial charge in [0, 0.05) is 5.38 Å². The maximum atomic E-state index is 11.3. The Morgan fingerprint density at radius 3 is 2.87 bits per heavy atom. The lowest BCUT2D eigenvalue weighted by atomic mass is 10.2. The van der Waals surface area contributed by atoms with Crippen LogP contribution in [0.15, 0.2) is 10.6 Å². The highest BCUT2D eigenvalue weighted by Crippen LogP contribution is 2.21. The van der Waals surface area contributed by atoms with Crippen LogP contribution in [0.5, 0.6) is 0 Å². The van der Waals surface area contributed by atoms with Gasteiger partial charge in [0.05, 0.1) is 17.3 Å². The van der Waals surface area contributed by atoms with Gasteiger partial charge >= 0.3 is 5.97 Å². The Kier molecular flexibility index (Phi) is 4.36. The van der Waals surface area contributed by atoms with Crippen molar-refractivity contribution in [2.24, 2.45) is 5.18 Å². The molecule has 1 aromatic rings. The average Bonchev–Trinajstić information content (AvgIpc) is 2.68. The molecule has 0 N–H and O–H groups in total. The van der Waals surface area contributed by atoms with Crippen molar-refractivity contribution in [3.63, 3.8) is 0 Å². The van der Waals surface area contributed by atoms with Crippen molar-refractivity contribution in [3.8, 4) is 0 Å². The number of carbonyl (C=O) groups is 1. The Morgan fingerprint density at radius 2 is 2.40 bits per heavy atom. The van der Waals surface area contributed by atoms with Crippen molar-refractivity contribution in [1.82, 2.24) is 4.98 Å². The van der Waals surface area contributed by atoms with Crippen LogP contribution in [0.25, 0.3) is 0 Å². The zero-order chi connectivity index (χ0) is 11.3. The molecule has 0 saturated heterocycles. The molecule has 5 nitrogen and oxygen atoms in total. The molecule has 0 saturated carbocycles. The number of hydrogen-bond acceptors (Lipinski definition) is 6. The topological polar surface area (TPSA) is 68.6 Å². The second kappa shape index (κ2) is 5.55. The van der Waals surface area contributed by atoms with Gasteiger partial charge in [-0.1, -0.05) is 6.92 Å². The minimum absolute atomic E-state index is 0.232. The largest absolute Gasteiger partial charge is 0.464 e. The van der Waals surface area contributed by atoms with Crippen molar-refractivity contribution in [3.05, 3.63) is 21.0 Å². The fraction of sp³-hybridized carbons (Fsp3) is 0.556. The molecule has 1 atom stereocenters. The molecule has 82 valence electrons. The summed E-state index contributed by atoms with van der Waals surface area (Å²) in [5, 5.41) is 5.29. The monoisotopic (exact) mass is 228 g/mol. The number of esters is 1. The number of rotatable bonds is 5. The van der Waals surface area contributed by atoms with Crippen molar-refractivity contribution < 1.29 is 9.53 Å². The van der Waals surface area contributed by atoms with Crippen molar-refractivity contribution in [1.29, 1.82) is 0 Å². The molecule has 0 fully saturated rings. The molecule has 0 spiro atoms. The highest BCUT2D eigenvalue weighted by molar-refractivity contribution is 7.09. The molecule has 1 unspecified atom stereocenters. The molecule has 0 radical (unpaired) electrons. The first-order valence-electron chi connectivity index (χ1n) is 4.66. The summed E-state index contributed by atoms with van der Waals surface area (Å²) in [5.41, 5.74) is 0.380. The summed E-state index contributed by atoms with van der Waals surface area (Å²) in [6.45, 7) is 3.87. The van der Waals surface area contributed by atoms with Crippen LogP contribution >= 0.6 is 11.3 Å². The third-order valence-corrected chi connectivity index (χ3v) is 2.78. The van der Waals surface area contributed by atoms with Crippen LogP contribution in [0.2, 0.25) is 0 Å². The van der Waals surface area contributed by atoms with Gasteiger partial charge in [0.15, 0.2) is 0 Å². The lowest BCUT2D eigenvalue weighted by Crippen LogP contribution is -2.14. The van der Waals surface area contributed by atoms with Crippen LogP contribution in [0.4, 0.5) is 0 Å². The van der Waals surface area contributed by atoms with Crippen LogP contribution in [0.3, 0.4) is 0 Å². The summed E-state index contributed by atoms with van der Waals surface area (Å²) in [6, 6.07) is -1.12. The van der Waals surface area contributed by atoms with Crippen molar-refractivity contribution >= 4 is 17.3 Å². The van der Waals surface area contributed by atoms with Gasteiger partial charge in [-0.2, -0.15) is 0 Å². The Morgan fingerprint density at radius 1 is 1.67 bits per heavy atom. The van der Waals surface area contributed by atoms with E-state index in [1.807, 2.05) is 6.92 Å². The Bertz CT molecular complexity index is 351. The van der Waals surface area contributed by atoms with Crippen LogP contribution in [0, 0.1) is 4.91 Å². The van der Waals surface area contributed by atoms with E-state index in [2.05, 4.69) is 10.2 Å². The maximum Gasteiger partial charge on any atom is 0.340 e. The first-order valence-corrected chi connectivity index (χ1v) is 5.54. The number of thiazole rings is 1. The number of nitrogens with zero attached hydrogens (tertiary/aromatic N) is 2. The molecule has 0 aliphatic carbocycles. The molecule has 0 aliphatic heterocycles. The van der Waals surface area contributed by atoms with Gasteiger partial charge in [-0.05, 0) is 18.5 Å². The van der Waals surface area contributed by atoms with E-state index in [1.165, 1.54) is 11.3 Å². The van der Waals surface area contributed by atoms with Crippen molar-refractivity contribution in [2.75, 3.05) is 6.61 Å². The molecular weight excluding hydrogens is 216 g/mol. The fourth-order valence-electron chi connectivity index (χ4n) is 1.05. The smallest absolute Gasteiger partial charge is 0.340 e. The van der Waals surface area contributed by atoms with E-state index < -0.39 is 12.0 Å². The van der Waals surface area contributed by atoms with E-state index in [0.717, 1.165) is 11.4 Å². The van der Waals surface area contributed by atoms with Gasteiger partial charge in [0.1, 0.15) is 0 Å². The van der Waals surface area contributed by atoms with Crippen LogP contribution in [-0.2, 0) is 16.0 Å². The number of carbonyl (C=O) groups excluding carboxylic acids is 1. The minimum atomic E-state index is -1.12. The molecule has 15 heavy (non-hydrogen) atoms. The summed E-state index contributed by atoms with van der Waals surface area (Å²) in [4.78, 5) is 26.0. The number of nitroso groups, excluding NO2 is 1. The highest BCUT2D eigenvalue weighted by Gasteiger charge is 2.25. The zero-order valence-electron chi connectivity index (χ0n) is 8.60. The normalized spacial score (nSPS) is 12.1. The van der Waals surface area contributed by atoms with E-state index in [4.69, 9.17) is 4.74 Å². The summed E-state index contributed by atoms with van der Waals surface area (Å²) >= 11 is 1.41. The van der Waals surface area contributed by atoms with Crippen LogP contribution in [0.1, 0.15) is 30.6 Å². The summed E-state index contributed by atoms with van der Waals surface area (Å²) in [5.74, 6) is -0.638. The molecular formula is C9H12N2O3S. The Hall–Kier alpha value is -1.30. The molecule has 1 heterocycles. The SMILES string of the molecule is CCOC(=O)C(N=O)c1csc(CC)n1. The second-order valence-electron chi connectivity index (χ2n) is 2.78. The van der Waals surface area contributed by atoms with E-state index in [9.17, 15) is 9.70 Å². The van der Waals surface area contributed by atoms with E-state index >= 15 is 0 Å². The predicted octanol–water partition coefficient (Wildman–Crippen LogP) is 2.08. The third kappa shape index (κ3) is 2.82. The molecule has 0 aromatic carbocycles. The minimum Gasteiger partial charge on any atom is -0.464 e. The third-order valence-electron chi connectivity index (χ3n) is 1.77. The lowest BCUT2D eigenvalue weighted by molar-refractivity contribution is -0.144. The van der Waals surface area contributed by atoms with Gasteiger partial charge in [-0.25, -0.2) is 9.78 Å². The lowest BCUT2D eigenvalue weighted by Gasteiger charge is -2.04. The maximum absolute atomic E-state index is 11.3. The number of ether oxygens (including phenoxy) is 1. The molecule has 6 heteroatoms. The number of aryl methyl sites for hydroxylation is 1. The van der Waals surface area contributed by atoms with Gasteiger partial charge < -0.3 is 4.74 Å². The summed E-state index contributed by atoms with van der Waals surface area (Å²) in [7, 11) is 0. The highest BCUT2D eigenvalue weighted by atomic mass is 32.1. The molecule has 1 aromatic heterocycles. The van der Waals surface area contributed by atoms with E-state index in [-0.39, 0.29) is 6.61 Å². The van der Waals surface area contributed by atoms with E-state index in [1.54, 1.807) is 12.3 Å². The van der Waals surface area contributed by atoms with Gasteiger partial charge in [0.25, 0.3) is 0 Å². The van der Waals surface area contributed by atoms with Gasteiger partial charge in [0.2, 0.25) is 6.04 Å². The summed E-state index contributed by atoms with van der Waals surface area (Å²) < 4.78 is 4.72. The predicted molar refractivity (Wildman–Crippen MR) is 56.7 cm³/mol. The number of hydrogen-bond donors (Lipinski definition) is 0. The first kappa shape index (κ1) is 11.8. The number of aromatic nitrogens is 1. The molecule has 1 rings (SSSR count). The molecule has 0 amide bonds. The van der Waals surface area contributed by atoms with Crippen LogP contribution in [-0.4, -0.2) is 17.6 Å². The Balaban J connectivity index is 2.82. The van der Waals surface area contributed by atoms with Gasteiger partial charge in [-0.3, -0.25) is 0 Å². The Labute approximate surface area is 91.5 Å². The molecule has 0 aliphatic rings. The quantitative estimate of drug-likeness (QED) is 0.571. The fourth-order valence-corrected chi connectivity index (χ4v) is 1.82. The van der Waals surface area contributed by atoms with E-state index in [0.29, 0.717) is 5.69 Å².